The van der Waals surface area contributed by atoms with E-state index in [-0.39, 0.29) is 6.17 Å². The van der Waals surface area contributed by atoms with E-state index in [9.17, 15) is 0 Å². The van der Waals surface area contributed by atoms with Gasteiger partial charge < -0.3 is 20.1 Å². The van der Waals surface area contributed by atoms with Crippen molar-refractivity contribution < 1.29 is 9.47 Å². The van der Waals surface area contributed by atoms with Crippen molar-refractivity contribution in [3.63, 3.8) is 0 Å². The molecule has 0 atom stereocenters. The van der Waals surface area contributed by atoms with Gasteiger partial charge in [-0.3, -0.25) is 0 Å². The van der Waals surface area contributed by atoms with Crippen molar-refractivity contribution in [3.05, 3.63) is 48.0 Å². The highest BCUT2D eigenvalue weighted by Crippen LogP contribution is 2.39. The lowest BCUT2D eigenvalue weighted by molar-refractivity contribution is 0.174. The molecule has 0 fully saturated rings. The zero-order chi connectivity index (χ0) is 11.9. The Hall–Kier alpha value is -2.36. The van der Waals surface area contributed by atoms with Crippen molar-refractivity contribution in [1.29, 1.82) is 0 Å². The lowest BCUT2D eigenvalue weighted by Crippen LogP contribution is -2.11. The second-order valence-corrected chi connectivity index (χ2v) is 4.38. The maximum Gasteiger partial charge on any atom is 0.231 e. The number of fused-ring (bicyclic) bond motifs is 2. The minimum Gasteiger partial charge on any atom is -0.454 e. The molecule has 2 aliphatic rings. The number of anilines is 2. The van der Waals surface area contributed by atoms with Crippen LogP contribution in [0, 0.1) is 0 Å². The molecule has 2 aromatic rings. The smallest absolute Gasteiger partial charge is 0.231 e. The molecule has 0 bridgehead atoms. The molecule has 4 nitrogen and oxygen atoms in total. The van der Waals surface area contributed by atoms with Crippen molar-refractivity contribution in [1.82, 2.24) is 0 Å². The van der Waals surface area contributed by atoms with Crippen LogP contribution in [-0.4, -0.2) is 6.79 Å². The Morgan fingerprint density at radius 2 is 1.61 bits per heavy atom. The third-order valence-electron chi connectivity index (χ3n) is 3.26. The van der Waals surface area contributed by atoms with Gasteiger partial charge in [0, 0.05) is 0 Å². The summed E-state index contributed by atoms with van der Waals surface area (Å²) < 4.78 is 10.7. The third kappa shape index (κ3) is 1.39. The van der Waals surface area contributed by atoms with Crippen molar-refractivity contribution in [3.8, 4) is 11.5 Å². The molecule has 2 N–H and O–H groups in total. The molecule has 4 rings (SSSR count). The average molecular weight is 240 g/mol. The lowest BCUT2D eigenvalue weighted by Gasteiger charge is -2.13. The average Bonchev–Trinajstić information content (AvgIpc) is 3.04. The highest BCUT2D eigenvalue weighted by molar-refractivity contribution is 5.75. The van der Waals surface area contributed by atoms with Crippen LogP contribution in [0.1, 0.15) is 11.7 Å². The number of hydrogen-bond donors (Lipinski definition) is 2. The van der Waals surface area contributed by atoms with Gasteiger partial charge in [0.1, 0.15) is 6.17 Å². The molecule has 0 amide bonds. The number of hydrogen-bond acceptors (Lipinski definition) is 4. The number of ether oxygens (including phenoxy) is 2. The summed E-state index contributed by atoms with van der Waals surface area (Å²) in [4.78, 5) is 0. The summed E-state index contributed by atoms with van der Waals surface area (Å²) in [5.74, 6) is 1.63. The Labute approximate surface area is 105 Å². The molecular formula is C14H12N2O2. The van der Waals surface area contributed by atoms with E-state index in [1.807, 2.05) is 30.3 Å². The quantitative estimate of drug-likeness (QED) is 0.804. The number of nitrogens with one attached hydrogen (secondary N) is 2. The van der Waals surface area contributed by atoms with Gasteiger partial charge in [-0.2, -0.15) is 0 Å². The maximum absolute atomic E-state index is 5.40. The first-order valence-corrected chi connectivity index (χ1v) is 5.92. The summed E-state index contributed by atoms with van der Waals surface area (Å²) in [6.45, 7) is 0.310. The van der Waals surface area contributed by atoms with Crippen molar-refractivity contribution in [2.24, 2.45) is 0 Å². The second kappa shape index (κ2) is 3.57. The first-order chi connectivity index (χ1) is 8.90. The molecule has 18 heavy (non-hydrogen) atoms. The number of rotatable bonds is 1. The number of para-hydroxylation sites is 2. The van der Waals surface area contributed by atoms with Gasteiger partial charge in [-0.15, -0.1) is 0 Å². The molecular weight excluding hydrogens is 228 g/mol. The molecule has 2 aliphatic heterocycles. The van der Waals surface area contributed by atoms with Crippen LogP contribution in [0.2, 0.25) is 0 Å². The van der Waals surface area contributed by atoms with E-state index in [0.29, 0.717) is 6.79 Å². The third-order valence-corrected chi connectivity index (χ3v) is 3.26. The van der Waals surface area contributed by atoms with Crippen LogP contribution in [0.5, 0.6) is 11.5 Å². The Morgan fingerprint density at radius 1 is 0.889 bits per heavy atom. The summed E-state index contributed by atoms with van der Waals surface area (Å²) in [7, 11) is 0. The Bertz CT molecular complexity index is 587. The summed E-state index contributed by atoms with van der Waals surface area (Å²) in [5, 5.41) is 6.87. The minimum atomic E-state index is 0.0805. The van der Waals surface area contributed by atoms with E-state index >= 15 is 0 Å². The molecule has 0 saturated carbocycles. The standard InChI is InChI=1S/C14H12N2O2/c1-2-4-11-10(3-1)15-14(16-11)9-5-6-12-13(7-9)18-8-17-12/h1-7,14-16H,8H2. The van der Waals surface area contributed by atoms with Crippen molar-refractivity contribution in [2.45, 2.75) is 6.17 Å². The van der Waals surface area contributed by atoms with E-state index < -0.39 is 0 Å². The van der Waals surface area contributed by atoms with Crippen LogP contribution in [0.3, 0.4) is 0 Å². The van der Waals surface area contributed by atoms with Crippen LogP contribution in [-0.2, 0) is 0 Å². The Kier molecular flexibility index (Phi) is 1.91. The van der Waals surface area contributed by atoms with Crippen LogP contribution >= 0.6 is 0 Å². The van der Waals surface area contributed by atoms with E-state index in [1.54, 1.807) is 0 Å². The fourth-order valence-corrected chi connectivity index (χ4v) is 2.34. The largest absolute Gasteiger partial charge is 0.454 e. The van der Waals surface area contributed by atoms with Gasteiger partial charge in [-0.1, -0.05) is 18.2 Å². The van der Waals surface area contributed by atoms with Gasteiger partial charge in [0.2, 0.25) is 6.79 Å². The molecule has 0 aliphatic carbocycles. The van der Waals surface area contributed by atoms with E-state index in [4.69, 9.17) is 9.47 Å². The van der Waals surface area contributed by atoms with Gasteiger partial charge in [-0.25, -0.2) is 0 Å². The second-order valence-electron chi connectivity index (χ2n) is 4.38. The van der Waals surface area contributed by atoms with Gasteiger partial charge in [0.25, 0.3) is 0 Å². The monoisotopic (exact) mass is 240 g/mol. The SMILES string of the molecule is c1ccc2c(c1)NC(c1ccc3c(c1)OCO3)N2. The summed E-state index contributed by atoms with van der Waals surface area (Å²) >= 11 is 0. The van der Waals surface area contributed by atoms with Crippen LogP contribution < -0.4 is 20.1 Å². The molecule has 2 heterocycles. The molecule has 0 aromatic heterocycles. The summed E-state index contributed by atoms with van der Waals surface area (Å²) in [6.07, 6.45) is 0.0805. The highest BCUT2D eigenvalue weighted by atomic mass is 16.7. The fraction of sp³-hybridized carbons (Fsp3) is 0.143. The topological polar surface area (TPSA) is 42.5 Å². The van der Waals surface area contributed by atoms with Gasteiger partial charge in [0.15, 0.2) is 11.5 Å². The molecule has 0 radical (unpaired) electrons. The number of benzene rings is 2. The first-order valence-electron chi connectivity index (χ1n) is 5.92. The molecule has 4 heteroatoms. The van der Waals surface area contributed by atoms with Crippen LogP contribution in [0.15, 0.2) is 42.5 Å². The van der Waals surface area contributed by atoms with E-state index in [2.05, 4.69) is 22.8 Å². The van der Waals surface area contributed by atoms with E-state index in [0.717, 1.165) is 28.4 Å². The molecule has 0 saturated heterocycles. The van der Waals surface area contributed by atoms with Gasteiger partial charge >= 0.3 is 0 Å². The Morgan fingerprint density at radius 3 is 2.39 bits per heavy atom. The van der Waals surface area contributed by atoms with Crippen molar-refractivity contribution in [2.75, 3.05) is 17.4 Å². The summed E-state index contributed by atoms with van der Waals surface area (Å²) in [5.41, 5.74) is 3.38. The predicted molar refractivity (Wildman–Crippen MR) is 69.0 cm³/mol. The zero-order valence-corrected chi connectivity index (χ0v) is 9.64. The maximum atomic E-state index is 5.40. The minimum absolute atomic E-state index is 0.0805. The van der Waals surface area contributed by atoms with E-state index in [1.165, 1.54) is 0 Å². The highest BCUT2D eigenvalue weighted by Gasteiger charge is 2.22. The predicted octanol–water partition coefficient (Wildman–Crippen LogP) is 2.95. The lowest BCUT2D eigenvalue weighted by atomic mass is 10.1. The van der Waals surface area contributed by atoms with Gasteiger partial charge in [-0.05, 0) is 29.8 Å². The zero-order valence-electron chi connectivity index (χ0n) is 9.64. The fourth-order valence-electron chi connectivity index (χ4n) is 2.34. The van der Waals surface area contributed by atoms with Gasteiger partial charge in [0.05, 0.1) is 11.4 Å². The normalized spacial score (nSPS) is 16.0. The first kappa shape index (κ1) is 9.65. The Balaban J connectivity index is 1.66. The van der Waals surface area contributed by atoms with Crippen LogP contribution in [0.25, 0.3) is 0 Å². The summed E-state index contributed by atoms with van der Waals surface area (Å²) in [6, 6.07) is 14.2. The molecule has 90 valence electrons. The molecule has 0 spiro atoms. The molecule has 0 unspecified atom stereocenters. The van der Waals surface area contributed by atoms with Crippen molar-refractivity contribution >= 4 is 11.4 Å². The molecule has 2 aromatic carbocycles. The van der Waals surface area contributed by atoms with Crippen LogP contribution in [0.4, 0.5) is 11.4 Å².